The van der Waals surface area contributed by atoms with Crippen LogP contribution in [-0.2, 0) is 22.6 Å². The molecule has 0 saturated heterocycles. The van der Waals surface area contributed by atoms with Gasteiger partial charge in [0.05, 0.1) is 39.3 Å². The Morgan fingerprint density at radius 3 is 2.43 bits per heavy atom. The Bertz CT molecular complexity index is 599. The molecule has 0 aliphatic heterocycles. The summed E-state index contributed by atoms with van der Waals surface area (Å²) in [6.07, 6.45) is 14.7. The van der Waals surface area contributed by atoms with Crippen molar-refractivity contribution < 1.29 is 14.2 Å². The van der Waals surface area contributed by atoms with Crippen molar-refractivity contribution in [2.24, 2.45) is 0 Å². The summed E-state index contributed by atoms with van der Waals surface area (Å²) in [5.41, 5.74) is 1.13. The molecule has 1 heterocycles. The summed E-state index contributed by atoms with van der Waals surface area (Å²) in [6, 6.07) is 7.98. The molecule has 0 aliphatic rings. The third kappa shape index (κ3) is 9.38. The molecular formula is C23H36N2O3. The van der Waals surface area contributed by atoms with Gasteiger partial charge in [0.1, 0.15) is 5.75 Å². The van der Waals surface area contributed by atoms with Crippen LogP contribution in [0.3, 0.4) is 0 Å². The molecule has 0 aliphatic carbocycles. The molecule has 1 aromatic carbocycles. The monoisotopic (exact) mass is 388 g/mol. The summed E-state index contributed by atoms with van der Waals surface area (Å²) in [5, 5.41) is 0. The zero-order chi connectivity index (χ0) is 19.9. The van der Waals surface area contributed by atoms with Crippen LogP contribution >= 0.6 is 0 Å². The molecule has 0 N–H and O–H groups in total. The normalized spacial score (nSPS) is 12.2. The Morgan fingerprint density at radius 2 is 1.75 bits per heavy atom. The minimum absolute atomic E-state index is 0.0348. The highest BCUT2D eigenvalue weighted by molar-refractivity contribution is 5.26. The Kier molecular flexibility index (Phi) is 11.4. The molecule has 0 spiro atoms. The number of imidazole rings is 1. The van der Waals surface area contributed by atoms with Crippen LogP contribution in [0.15, 0.2) is 43.0 Å². The molecule has 1 atom stereocenters. The van der Waals surface area contributed by atoms with Crippen LogP contribution in [0.2, 0.25) is 0 Å². The zero-order valence-corrected chi connectivity index (χ0v) is 17.5. The molecule has 1 unspecified atom stereocenters. The standard InChI is InChI=1S/C23H36N2O3/c1-3-4-5-6-7-8-9-16-28-23(17-25-15-14-24-20-25)19-27-18-21-10-12-22(26-2)13-11-21/h10-15,20,23H,3-9,16-19H2,1-2H3. The highest BCUT2D eigenvalue weighted by Gasteiger charge is 2.11. The van der Waals surface area contributed by atoms with Gasteiger partial charge in [-0.3, -0.25) is 0 Å². The lowest BCUT2D eigenvalue weighted by atomic mass is 10.1. The second-order valence-corrected chi connectivity index (χ2v) is 7.24. The van der Waals surface area contributed by atoms with E-state index < -0.39 is 0 Å². The molecule has 2 rings (SSSR count). The van der Waals surface area contributed by atoms with Gasteiger partial charge >= 0.3 is 0 Å². The lowest BCUT2D eigenvalue weighted by molar-refractivity contribution is -0.0306. The van der Waals surface area contributed by atoms with E-state index in [2.05, 4.69) is 11.9 Å². The first kappa shape index (κ1) is 22.4. The highest BCUT2D eigenvalue weighted by atomic mass is 16.5. The summed E-state index contributed by atoms with van der Waals surface area (Å²) in [7, 11) is 1.68. The maximum atomic E-state index is 6.12. The molecule has 0 saturated carbocycles. The molecule has 0 radical (unpaired) electrons. The van der Waals surface area contributed by atoms with Gasteiger partial charge in [0.15, 0.2) is 0 Å². The maximum absolute atomic E-state index is 6.12. The van der Waals surface area contributed by atoms with Crippen molar-refractivity contribution in [2.75, 3.05) is 20.3 Å². The Hall–Kier alpha value is -1.85. The van der Waals surface area contributed by atoms with Gasteiger partial charge in [-0.25, -0.2) is 4.98 Å². The van der Waals surface area contributed by atoms with Crippen molar-refractivity contribution >= 4 is 0 Å². The molecule has 28 heavy (non-hydrogen) atoms. The molecule has 0 bridgehead atoms. The van der Waals surface area contributed by atoms with Crippen molar-refractivity contribution in [3.05, 3.63) is 48.5 Å². The van der Waals surface area contributed by atoms with E-state index in [1.54, 1.807) is 13.3 Å². The average molecular weight is 389 g/mol. The van der Waals surface area contributed by atoms with Crippen molar-refractivity contribution in [2.45, 2.75) is 71.1 Å². The van der Waals surface area contributed by atoms with E-state index in [1.807, 2.05) is 41.4 Å². The van der Waals surface area contributed by atoms with E-state index in [-0.39, 0.29) is 6.10 Å². The number of nitrogens with zero attached hydrogens (tertiary/aromatic N) is 2. The lowest BCUT2D eigenvalue weighted by Crippen LogP contribution is -2.25. The predicted molar refractivity (Wildman–Crippen MR) is 113 cm³/mol. The van der Waals surface area contributed by atoms with Crippen molar-refractivity contribution in [1.29, 1.82) is 0 Å². The first-order chi connectivity index (χ1) is 13.8. The van der Waals surface area contributed by atoms with Gasteiger partial charge in [-0.1, -0.05) is 57.6 Å². The minimum Gasteiger partial charge on any atom is -0.497 e. The zero-order valence-electron chi connectivity index (χ0n) is 17.5. The summed E-state index contributed by atoms with van der Waals surface area (Å²) < 4.78 is 19.3. The quantitative estimate of drug-likeness (QED) is 0.369. The van der Waals surface area contributed by atoms with Gasteiger partial charge in [0.2, 0.25) is 0 Å². The number of hydrogen-bond acceptors (Lipinski definition) is 4. The molecule has 0 amide bonds. The van der Waals surface area contributed by atoms with E-state index >= 15 is 0 Å². The first-order valence-electron chi connectivity index (χ1n) is 10.6. The SMILES string of the molecule is CCCCCCCCCOC(COCc1ccc(OC)cc1)Cn1ccnc1. The van der Waals surface area contributed by atoms with E-state index in [0.29, 0.717) is 13.2 Å². The Morgan fingerprint density at radius 1 is 1.00 bits per heavy atom. The van der Waals surface area contributed by atoms with Gasteiger partial charge in [0.25, 0.3) is 0 Å². The molecule has 156 valence electrons. The summed E-state index contributed by atoms with van der Waals surface area (Å²) in [6.45, 7) is 4.95. The predicted octanol–water partition coefficient (Wildman–Crippen LogP) is 5.24. The number of methoxy groups -OCH3 is 1. The molecule has 5 nitrogen and oxygen atoms in total. The summed E-state index contributed by atoms with van der Waals surface area (Å²) in [5.74, 6) is 0.861. The van der Waals surface area contributed by atoms with Crippen molar-refractivity contribution in [1.82, 2.24) is 9.55 Å². The molecule has 0 fully saturated rings. The number of hydrogen-bond donors (Lipinski definition) is 0. The van der Waals surface area contributed by atoms with Gasteiger partial charge in [-0.2, -0.15) is 0 Å². The van der Waals surface area contributed by atoms with Crippen LogP contribution in [0.5, 0.6) is 5.75 Å². The van der Waals surface area contributed by atoms with Gasteiger partial charge in [-0.05, 0) is 24.1 Å². The average Bonchev–Trinajstić information content (AvgIpc) is 3.23. The second-order valence-electron chi connectivity index (χ2n) is 7.24. The van der Waals surface area contributed by atoms with E-state index in [1.165, 1.54) is 38.5 Å². The summed E-state index contributed by atoms with van der Waals surface area (Å²) >= 11 is 0. The van der Waals surface area contributed by atoms with Crippen LogP contribution in [0.25, 0.3) is 0 Å². The van der Waals surface area contributed by atoms with Crippen LogP contribution < -0.4 is 4.74 Å². The fraction of sp³-hybridized carbons (Fsp3) is 0.609. The van der Waals surface area contributed by atoms with Crippen LogP contribution in [0.4, 0.5) is 0 Å². The van der Waals surface area contributed by atoms with Gasteiger partial charge < -0.3 is 18.8 Å². The number of unbranched alkanes of at least 4 members (excludes halogenated alkanes) is 6. The van der Waals surface area contributed by atoms with Gasteiger partial charge in [0, 0.05) is 19.0 Å². The molecule has 1 aromatic heterocycles. The third-order valence-corrected chi connectivity index (χ3v) is 4.81. The third-order valence-electron chi connectivity index (χ3n) is 4.81. The largest absolute Gasteiger partial charge is 0.497 e. The smallest absolute Gasteiger partial charge is 0.118 e. The van der Waals surface area contributed by atoms with E-state index in [4.69, 9.17) is 14.2 Å². The first-order valence-corrected chi connectivity index (χ1v) is 10.6. The number of aromatic nitrogens is 2. The van der Waals surface area contributed by atoms with Gasteiger partial charge in [-0.15, -0.1) is 0 Å². The minimum atomic E-state index is 0.0348. The molecule has 2 aromatic rings. The highest BCUT2D eigenvalue weighted by Crippen LogP contribution is 2.13. The fourth-order valence-corrected chi connectivity index (χ4v) is 3.12. The van der Waals surface area contributed by atoms with Crippen LogP contribution in [-0.4, -0.2) is 36.0 Å². The molecular weight excluding hydrogens is 352 g/mol. The second kappa shape index (κ2) is 14.2. The fourth-order valence-electron chi connectivity index (χ4n) is 3.12. The van der Waals surface area contributed by atoms with Crippen LogP contribution in [0.1, 0.15) is 57.4 Å². The van der Waals surface area contributed by atoms with Crippen LogP contribution in [0, 0.1) is 0 Å². The summed E-state index contributed by atoms with van der Waals surface area (Å²) in [4.78, 5) is 4.12. The van der Waals surface area contributed by atoms with E-state index in [9.17, 15) is 0 Å². The molecule has 5 heteroatoms. The number of rotatable bonds is 16. The van der Waals surface area contributed by atoms with E-state index in [0.717, 1.165) is 30.9 Å². The number of ether oxygens (including phenoxy) is 3. The number of benzene rings is 1. The van der Waals surface area contributed by atoms with Crippen molar-refractivity contribution in [3.63, 3.8) is 0 Å². The van der Waals surface area contributed by atoms with Crippen molar-refractivity contribution in [3.8, 4) is 5.75 Å². The Balaban J connectivity index is 1.67. The topological polar surface area (TPSA) is 45.5 Å². The lowest BCUT2D eigenvalue weighted by Gasteiger charge is -2.19. The Labute approximate surface area is 170 Å². The maximum Gasteiger partial charge on any atom is 0.118 e.